The summed E-state index contributed by atoms with van der Waals surface area (Å²) in [5.74, 6) is -0.195. The lowest BCUT2D eigenvalue weighted by Gasteiger charge is -1.98. The van der Waals surface area contributed by atoms with E-state index >= 15 is 0 Å². The molecule has 74 valence electrons. The number of halogens is 1. The number of allylic oxidation sites excluding steroid dienone is 4. The van der Waals surface area contributed by atoms with Gasteiger partial charge in [-0.1, -0.05) is 18.7 Å². The van der Waals surface area contributed by atoms with Crippen LogP contribution in [0.1, 0.15) is 6.92 Å². The van der Waals surface area contributed by atoms with Crippen LogP contribution < -0.4 is 5.32 Å². The molecule has 0 unspecified atom stereocenters. The van der Waals surface area contributed by atoms with Gasteiger partial charge in [-0.15, -0.1) is 0 Å². The van der Waals surface area contributed by atoms with Crippen molar-refractivity contribution in [2.45, 2.75) is 6.92 Å². The Kier molecular flexibility index (Phi) is 11.9. The van der Waals surface area contributed by atoms with Crippen LogP contribution in [0, 0.1) is 0 Å². The van der Waals surface area contributed by atoms with Gasteiger partial charge in [0.05, 0.1) is 0 Å². The predicted molar refractivity (Wildman–Crippen MR) is 54.2 cm³/mol. The summed E-state index contributed by atoms with van der Waals surface area (Å²) in [6.45, 7) is 7.77. The Labute approximate surface area is 78.8 Å². The van der Waals surface area contributed by atoms with Gasteiger partial charge < -0.3 is 10.1 Å². The van der Waals surface area contributed by atoms with Crippen LogP contribution >= 0.6 is 0 Å². The number of carbonyl (C=O) groups excluding carboxylic acids is 1. The minimum Gasteiger partial charge on any atom is -0.316 e. The molecule has 0 atom stereocenters. The van der Waals surface area contributed by atoms with Crippen molar-refractivity contribution in [2.24, 2.45) is 0 Å². The number of carbonyl (C=O) groups is 1. The van der Waals surface area contributed by atoms with E-state index in [-0.39, 0.29) is 5.83 Å². The molecule has 0 heterocycles. The largest absolute Gasteiger partial charge is 0.316 e. The highest BCUT2D eigenvalue weighted by Gasteiger charge is 1.94. The van der Waals surface area contributed by atoms with Crippen molar-refractivity contribution in [3.63, 3.8) is 0 Å². The maximum Gasteiger partial charge on any atom is 0.123 e. The first-order chi connectivity index (χ1) is 6.22. The van der Waals surface area contributed by atoms with Crippen molar-refractivity contribution in [2.75, 3.05) is 13.6 Å². The molecule has 0 aliphatic carbocycles. The minimum atomic E-state index is -0.195. The Morgan fingerprint density at radius 3 is 2.46 bits per heavy atom. The molecule has 0 bridgehead atoms. The highest BCUT2D eigenvalue weighted by molar-refractivity contribution is 5.21. The van der Waals surface area contributed by atoms with E-state index in [0.29, 0.717) is 12.1 Å². The van der Waals surface area contributed by atoms with Crippen LogP contribution in [-0.4, -0.2) is 20.4 Å². The van der Waals surface area contributed by atoms with Crippen molar-refractivity contribution in [1.29, 1.82) is 0 Å². The van der Waals surface area contributed by atoms with Gasteiger partial charge in [0.2, 0.25) is 0 Å². The first kappa shape index (κ1) is 14.3. The molecule has 2 nitrogen and oxygen atoms in total. The van der Waals surface area contributed by atoms with E-state index in [1.807, 2.05) is 6.79 Å². The number of likely N-dealkylation sites (N-methyl/N-ethyl adjacent to an activating group) is 1. The monoisotopic (exact) mass is 185 g/mol. The number of rotatable bonds is 4. The standard InChI is InChI=1S/C9H14FN.CH2O/c1-4-5-6-9(10)8(2)7-11-3;1-2/h4-6,11H,1,7H2,2-3H3;1H2/b6-5-,9-8-;. The molecule has 0 aromatic rings. The summed E-state index contributed by atoms with van der Waals surface area (Å²) in [4.78, 5) is 8.00. The van der Waals surface area contributed by atoms with Crippen LogP contribution in [0.15, 0.2) is 36.2 Å². The number of nitrogens with one attached hydrogen (secondary N) is 1. The molecule has 0 radical (unpaired) electrons. The fourth-order valence-corrected chi connectivity index (χ4v) is 0.644. The summed E-state index contributed by atoms with van der Waals surface area (Å²) in [5, 5.41) is 2.87. The Morgan fingerprint density at radius 1 is 1.54 bits per heavy atom. The molecular formula is C10H16FNO. The van der Waals surface area contributed by atoms with Crippen molar-refractivity contribution in [3.05, 3.63) is 36.2 Å². The van der Waals surface area contributed by atoms with E-state index < -0.39 is 0 Å². The smallest absolute Gasteiger partial charge is 0.123 e. The zero-order valence-electron chi connectivity index (χ0n) is 8.14. The third-order valence-corrected chi connectivity index (χ3v) is 1.23. The highest BCUT2D eigenvalue weighted by atomic mass is 19.1. The van der Waals surface area contributed by atoms with E-state index in [2.05, 4.69) is 11.9 Å². The van der Waals surface area contributed by atoms with Crippen LogP contribution in [0.5, 0.6) is 0 Å². The highest BCUT2D eigenvalue weighted by Crippen LogP contribution is 2.05. The van der Waals surface area contributed by atoms with Crippen LogP contribution in [0.25, 0.3) is 0 Å². The second-order valence-corrected chi connectivity index (χ2v) is 2.25. The fourth-order valence-electron chi connectivity index (χ4n) is 0.644. The molecule has 0 aromatic heterocycles. The van der Waals surface area contributed by atoms with Crippen molar-refractivity contribution >= 4 is 6.79 Å². The molecule has 0 aliphatic rings. The van der Waals surface area contributed by atoms with Crippen LogP contribution in [-0.2, 0) is 4.79 Å². The lowest BCUT2D eigenvalue weighted by atomic mass is 10.2. The summed E-state index contributed by atoms with van der Waals surface area (Å²) < 4.78 is 12.9. The molecule has 1 N–H and O–H groups in total. The Bertz CT molecular complexity index is 197. The van der Waals surface area contributed by atoms with Gasteiger partial charge in [0.1, 0.15) is 12.6 Å². The van der Waals surface area contributed by atoms with E-state index in [1.54, 1.807) is 26.1 Å². The quantitative estimate of drug-likeness (QED) is 0.679. The summed E-state index contributed by atoms with van der Waals surface area (Å²) in [6, 6.07) is 0. The SMILES string of the molecule is C=C/C=C\C(F)=C(/C)CNC.C=O. The Hall–Kier alpha value is -1.22. The zero-order valence-corrected chi connectivity index (χ0v) is 8.14. The van der Waals surface area contributed by atoms with Crippen LogP contribution in [0.2, 0.25) is 0 Å². The lowest BCUT2D eigenvalue weighted by Crippen LogP contribution is -2.09. The van der Waals surface area contributed by atoms with Crippen LogP contribution in [0.3, 0.4) is 0 Å². The maximum atomic E-state index is 12.9. The number of hydrogen-bond donors (Lipinski definition) is 1. The van der Waals surface area contributed by atoms with Gasteiger partial charge in [0, 0.05) is 6.54 Å². The maximum absolute atomic E-state index is 12.9. The molecule has 0 rings (SSSR count). The van der Waals surface area contributed by atoms with Gasteiger partial charge in [-0.05, 0) is 25.6 Å². The van der Waals surface area contributed by atoms with Gasteiger partial charge >= 0.3 is 0 Å². The third-order valence-electron chi connectivity index (χ3n) is 1.23. The molecule has 0 spiro atoms. The van der Waals surface area contributed by atoms with Gasteiger partial charge in [-0.2, -0.15) is 0 Å². The second kappa shape index (κ2) is 10.8. The first-order valence-electron chi connectivity index (χ1n) is 3.80. The average Bonchev–Trinajstić information content (AvgIpc) is 2.17. The summed E-state index contributed by atoms with van der Waals surface area (Å²) in [6.07, 6.45) is 4.53. The molecule has 0 saturated carbocycles. The fraction of sp³-hybridized carbons (Fsp3) is 0.300. The second-order valence-electron chi connectivity index (χ2n) is 2.25. The first-order valence-corrected chi connectivity index (χ1v) is 3.80. The molecule has 13 heavy (non-hydrogen) atoms. The molecule has 0 amide bonds. The molecule has 0 aromatic carbocycles. The van der Waals surface area contributed by atoms with Gasteiger partial charge in [0.25, 0.3) is 0 Å². The van der Waals surface area contributed by atoms with E-state index in [4.69, 9.17) is 4.79 Å². The zero-order chi connectivity index (χ0) is 10.7. The van der Waals surface area contributed by atoms with Crippen molar-refractivity contribution < 1.29 is 9.18 Å². The van der Waals surface area contributed by atoms with Crippen molar-refractivity contribution in [1.82, 2.24) is 5.32 Å². The van der Waals surface area contributed by atoms with E-state index in [0.717, 1.165) is 0 Å². The Morgan fingerprint density at radius 2 is 2.08 bits per heavy atom. The van der Waals surface area contributed by atoms with Gasteiger partial charge in [0.15, 0.2) is 0 Å². The average molecular weight is 185 g/mol. The third kappa shape index (κ3) is 8.69. The van der Waals surface area contributed by atoms with Gasteiger partial charge in [-0.3, -0.25) is 0 Å². The summed E-state index contributed by atoms with van der Waals surface area (Å²) in [5.41, 5.74) is 0.700. The molecule has 0 fully saturated rings. The summed E-state index contributed by atoms with van der Waals surface area (Å²) in [7, 11) is 1.79. The summed E-state index contributed by atoms with van der Waals surface area (Å²) >= 11 is 0. The van der Waals surface area contributed by atoms with E-state index in [1.165, 1.54) is 6.08 Å². The van der Waals surface area contributed by atoms with Crippen molar-refractivity contribution in [3.8, 4) is 0 Å². The molecular weight excluding hydrogens is 169 g/mol. The van der Waals surface area contributed by atoms with E-state index in [9.17, 15) is 4.39 Å². The minimum absolute atomic E-state index is 0.195. The Balaban J connectivity index is 0. The topological polar surface area (TPSA) is 29.1 Å². The normalized spacial score (nSPS) is 11.6. The van der Waals surface area contributed by atoms with Crippen LogP contribution in [0.4, 0.5) is 4.39 Å². The number of hydrogen-bond acceptors (Lipinski definition) is 2. The lowest BCUT2D eigenvalue weighted by molar-refractivity contribution is -0.0979. The molecule has 0 saturated heterocycles. The predicted octanol–water partition coefficient (Wildman–Crippen LogP) is 2.01. The van der Waals surface area contributed by atoms with Gasteiger partial charge in [-0.25, -0.2) is 4.39 Å². The molecule has 3 heteroatoms. The molecule has 0 aliphatic heterocycles.